The number of rotatable bonds is 2. The second-order valence-electron chi connectivity index (χ2n) is 4.16. The van der Waals surface area contributed by atoms with Gasteiger partial charge in [-0.3, -0.25) is 14.0 Å². The molecule has 0 fully saturated rings. The van der Waals surface area contributed by atoms with Crippen LogP contribution in [0.25, 0.3) is 4.96 Å². The summed E-state index contributed by atoms with van der Waals surface area (Å²) in [5.74, 6) is -0.0720. The quantitative estimate of drug-likeness (QED) is 0.778. The van der Waals surface area contributed by atoms with E-state index in [4.69, 9.17) is 0 Å². The number of nitrogens with zero attached hydrogens (tertiary/aromatic N) is 3. The van der Waals surface area contributed by atoms with Gasteiger partial charge in [0, 0.05) is 24.0 Å². The first-order chi connectivity index (χ1) is 9.66. The molecular formula is C13H10N4O2S. The number of carbonyl (C=O) groups excluding carboxylic acids is 1. The lowest BCUT2D eigenvalue weighted by Gasteiger charge is -2.06. The van der Waals surface area contributed by atoms with Crippen LogP contribution in [0.3, 0.4) is 0 Å². The summed E-state index contributed by atoms with van der Waals surface area (Å²) in [5, 5.41) is 4.37. The van der Waals surface area contributed by atoms with Gasteiger partial charge >= 0.3 is 0 Å². The molecule has 0 spiro atoms. The Labute approximate surface area is 117 Å². The van der Waals surface area contributed by atoms with Crippen molar-refractivity contribution in [1.29, 1.82) is 0 Å². The molecule has 0 aromatic carbocycles. The summed E-state index contributed by atoms with van der Waals surface area (Å²) in [6, 6.07) is 3.61. The summed E-state index contributed by atoms with van der Waals surface area (Å²) >= 11 is 1.34. The second kappa shape index (κ2) is 4.86. The number of aromatic nitrogens is 3. The zero-order chi connectivity index (χ0) is 14.1. The SMILES string of the molecule is Cc1cccnc1NC(=O)c1cnc2sccn2c1=O. The Morgan fingerprint density at radius 2 is 2.25 bits per heavy atom. The third-order valence-electron chi connectivity index (χ3n) is 2.83. The minimum Gasteiger partial charge on any atom is -0.306 e. The molecular weight excluding hydrogens is 276 g/mol. The van der Waals surface area contributed by atoms with Gasteiger partial charge in [-0.2, -0.15) is 0 Å². The van der Waals surface area contributed by atoms with E-state index in [2.05, 4.69) is 15.3 Å². The Balaban J connectivity index is 1.99. The number of hydrogen-bond acceptors (Lipinski definition) is 5. The van der Waals surface area contributed by atoms with Gasteiger partial charge in [0.25, 0.3) is 11.5 Å². The van der Waals surface area contributed by atoms with Crippen LogP contribution in [0.15, 0.2) is 40.9 Å². The molecule has 0 saturated carbocycles. The molecule has 3 heterocycles. The van der Waals surface area contributed by atoms with Crippen LogP contribution >= 0.6 is 11.3 Å². The van der Waals surface area contributed by atoms with E-state index in [1.165, 1.54) is 21.9 Å². The second-order valence-corrected chi connectivity index (χ2v) is 5.03. The summed E-state index contributed by atoms with van der Waals surface area (Å²) in [7, 11) is 0. The van der Waals surface area contributed by atoms with E-state index in [1.54, 1.807) is 23.8 Å². The average molecular weight is 286 g/mol. The highest BCUT2D eigenvalue weighted by molar-refractivity contribution is 7.15. The number of carbonyl (C=O) groups is 1. The van der Waals surface area contributed by atoms with Crippen molar-refractivity contribution in [1.82, 2.24) is 14.4 Å². The Kier molecular flexibility index (Phi) is 3.03. The number of anilines is 1. The Morgan fingerprint density at radius 3 is 3.05 bits per heavy atom. The zero-order valence-electron chi connectivity index (χ0n) is 10.5. The molecule has 3 aromatic rings. The predicted octanol–water partition coefficient (Wildman–Crippen LogP) is 1.71. The third kappa shape index (κ3) is 2.08. The van der Waals surface area contributed by atoms with Gasteiger partial charge in [-0.25, -0.2) is 9.97 Å². The van der Waals surface area contributed by atoms with Gasteiger partial charge in [-0.1, -0.05) is 6.07 Å². The van der Waals surface area contributed by atoms with Gasteiger partial charge in [0.05, 0.1) is 0 Å². The van der Waals surface area contributed by atoms with Crippen LogP contribution in [0.4, 0.5) is 5.82 Å². The molecule has 20 heavy (non-hydrogen) atoms. The van der Waals surface area contributed by atoms with E-state index >= 15 is 0 Å². The van der Waals surface area contributed by atoms with Crippen molar-refractivity contribution in [2.75, 3.05) is 5.32 Å². The van der Waals surface area contributed by atoms with Crippen LogP contribution in [-0.4, -0.2) is 20.3 Å². The molecule has 3 aromatic heterocycles. The van der Waals surface area contributed by atoms with Gasteiger partial charge in [0.15, 0.2) is 4.96 Å². The molecule has 0 aliphatic rings. The number of hydrogen-bond donors (Lipinski definition) is 1. The van der Waals surface area contributed by atoms with Crippen LogP contribution in [0.2, 0.25) is 0 Å². The minimum atomic E-state index is -0.509. The van der Waals surface area contributed by atoms with Crippen LogP contribution in [0, 0.1) is 6.92 Å². The lowest BCUT2D eigenvalue weighted by Crippen LogP contribution is -2.26. The van der Waals surface area contributed by atoms with Crippen molar-refractivity contribution >= 4 is 28.0 Å². The van der Waals surface area contributed by atoms with Crippen molar-refractivity contribution in [2.24, 2.45) is 0 Å². The fraction of sp³-hybridized carbons (Fsp3) is 0.0769. The van der Waals surface area contributed by atoms with E-state index in [0.717, 1.165) is 5.56 Å². The van der Waals surface area contributed by atoms with Gasteiger partial charge in [-0.05, 0) is 18.6 Å². The highest BCUT2D eigenvalue weighted by Crippen LogP contribution is 2.11. The summed E-state index contributed by atoms with van der Waals surface area (Å²) in [4.78, 5) is 33.0. The molecule has 100 valence electrons. The molecule has 0 radical (unpaired) electrons. The van der Waals surface area contributed by atoms with Crippen molar-refractivity contribution in [3.05, 3.63) is 57.6 Å². The van der Waals surface area contributed by atoms with Crippen molar-refractivity contribution in [3.8, 4) is 0 Å². The first-order valence-electron chi connectivity index (χ1n) is 5.84. The molecule has 1 N–H and O–H groups in total. The van der Waals surface area contributed by atoms with Crippen LogP contribution in [-0.2, 0) is 0 Å². The number of fused-ring (bicyclic) bond motifs is 1. The molecule has 0 unspecified atom stereocenters. The van der Waals surface area contributed by atoms with Gasteiger partial charge in [-0.15, -0.1) is 11.3 Å². The molecule has 0 bridgehead atoms. The molecule has 6 nitrogen and oxygen atoms in total. The minimum absolute atomic E-state index is 0.00838. The molecule has 0 saturated heterocycles. The Morgan fingerprint density at radius 1 is 1.40 bits per heavy atom. The van der Waals surface area contributed by atoms with E-state index in [1.807, 2.05) is 13.0 Å². The molecule has 3 rings (SSSR count). The number of thiazole rings is 1. The summed E-state index contributed by atoms with van der Waals surface area (Å²) in [6.45, 7) is 1.83. The molecule has 0 aliphatic heterocycles. The Bertz CT molecular complexity index is 853. The topological polar surface area (TPSA) is 76.4 Å². The van der Waals surface area contributed by atoms with Crippen LogP contribution in [0.1, 0.15) is 15.9 Å². The lowest BCUT2D eigenvalue weighted by molar-refractivity contribution is 0.102. The number of aryl methyl sites for hydroxylation is 1. The van der Waals surface area contributed by atoms with Crippen molar-refractivity contribution < 1.29 is 4.79 Å². The maximum atomic E-state index is 12.2. The standard InChI is InChI=1S/C13H10N4O2S/c1-8-3-2-4-14-10(8)16-11(18)9-7-15-13-17(12(9)19)5-6-20-13/h2-7H,1H3,(H,14,16,18). The van der Waals surface area contributed by atoms with Gasteiger partial charge in [0.2, 0.25) is 0 Å². The Hall–Kier alpha value is -2.54. The third-order valence-corrected chi connectivity index (χ3v) is 3.60. The molecule has 1 amide bonds. The number of pyridine rings is 1. The fourth-order valence-electron chi connectivity index (χ4n) is 1.77. The zero-order valence-corrected chi connectivity index (χ0v) is 11.3. The van der Waals surface area contributed by atoms with Gasteiger partial charge < -0.3 is 5.32 Å². The van der Waals surface area contributed by atoms with Crippen LogP contribution in [0.5, 0.6) is 0 Å². The molecule has 7 heteroatoms. The predicted molar refractivity (Wildman–Crippen MR) is 76.3 cm³/mol. The maximum absolute atomic E-state index is 12.2. The van der Waals surface area contributed by atoms with E-state index in [9.17, 15) is 9.59 Å². The summed E-state index contributed by atoms with van der Waals surface area (Å²) < 4.78 is 1.35. The lowest BCUT2D eigenvalue weighted by atomic mass is 10.2. The van der Waals surface area contributed by atoms with Gasteiger partial charge in [0.1, 0.15) is 11.4 Å². The molecule has 0 atom stereocenters. The maximum Gasteiger partial charge on any atom is 0.271 e. The van der Waals surface area contributed by atoms with E-state index in [-0.39, 0.29) is 11.1 Å². The average Bonchev–Trinajstić information content (AvgIpc) is 2.91. The number of amides is 1. The van der Waals surface area contributed by atoms with E-state index in [0.29, 0.717) is 10.8 Å². The highest BCUT2D eigenvalue weighted by Gasteiger charge is 2.15. The van der Waals surface area contributed by atoms with Crippen LogP contribution < -0.4 is 10.9 Å². The highest BCUT2D eigenvalue weighted by atomic mass is 32.1. The molecule has 0 aliphatic carbocycles. The smallest absolute Gasteiger partial charge is 0.271 e. The van der Waals surface area contributed by atoms with Crippen molar-refractivity contribution in [2.45, 2.75) is 6.92 Å². The summed E-state index contributed by atoms with van der Waals surface area (Å²) in [6.07, 6.45) is 4.47. The van der Waals surface area contributed by atoms with Crippen molar-refractivity contribution in [3.63, 3.8) is 0 Å². The largest absolute Gasteiger partial charge is 0.306 e. The first kappa shape index (κ1) is 12.5. The number of nitrogens with one attached hydrogen (secondary N) is 1. The summed E-state index contributed by atoms with van der Waals surface area (Å²) in [5.41, 5.74) is 0.429. The normalized spacial score (nSPS) is 10.7. The fourth-order valence-corrected chi connectivity index (χ4v) is 2.45. The van der Waals surface area contributed by atoms with E-state index < -0.39 is 5.91 Å². The monoisotopic (exact) mass is 286 g/mol. The first-order valence-corrected chi connectivity index (χ1v) is 6.72.